The van der Waals surface area contributed by atoms with Crippen LogP contribution < -0.4 is 5.32 Å². The first-order chi connectivity index (χ1) is 8.74. The Morgan fingerprint density at radius 3 is 2.50 bits per heavy atom. The number of hydrogen-bond acceptors (Lipinski definition) is 3. The minimum Gasteiger partial charge on any atom is -0.384 e. The monoisotopic (exact) mass is 254 g/mol. The molecule has 18 heavy (non-hydrogen) atoms. The van der Waals surface area contributed by atoms with Crippen LogP contribution in [0.25, 0.3) is 0 Å². The quantitative estimate of drug-likeness (QED) is 0.787. The standard InChI is InChI=1S/C15H30N2O/c1-4-16-13-8-14-6-5-7-15(9-13)17(14)10-12(2)11-18-3/h12-16H,4-11H2,1-3H3. The zero-order valence-corrected chi connectivity index (χ0v) is 12.3. The van der Waals surface area contributed by atoms with Gasteiger partial charge in [0.05, 0.1) is 0 Å². The maximum atomic E-state index is 5.29. The highest BCUT2D eigenvalue weighted by atomic mass is 16.5. The van der Waals surface area contributed by atoms with Gasteiger partial charge in [-0.05, 0) is 38.1 Å². The van der Waals surface area contributed by atoms with E-state index in [1.807, 2.05) is 7.11 Å². The highest BCUT2D eigenvalue weighted by Crippen LogP contribution is 2.34. The molecule has 2 fully saturated rings. The van der Waals surface area contributed by atoms with Gasteiger partial charge in [-0.15, -0.1) is 0 Å². The summed E-state index contributed by atoms with van der Waals surface area (Å²) >= 11 is 0. The van der Waals surface area contributed by atoms with Crippen LogP contribution in [-0.2, 0) is 4.74 Å². The SMILES string of the molecule is CCNC1CC2CCCC(C1)N2CC(C)COC. The van der Waals surface area contributed by atoms with Gasteiger partial charge in [0.25, 0.3) is 0 Å². The molecule has 3 unspecified atom stereocenters. The van der Waals surface area contributed by atoms with Crippen molar-refractivity contribution in [3.63, 3.8) is 0 Å². The van der Waals surface area contributed by atoms with Gasteiger partial charge in [-0.1, -0.05) is 20.3 Å². The second-order valence-corrected chi connectivity index (χ2v) is 6.22. The molecule has 0 saturated carbocycles. The zero-order chi connectivity index (χ0) is 13.0. The number of methoxy groups -OCH3 is 1. The van der Waals surface area contributed by atoms with E-state index in [1.165, 1.54) is 38.6 Å². The third kappa shape index (κ3) is 3.46. The molecular formula is C15H30N2O. The van der Waals surface area contributed by atoms with E-state index >= 15 is 0 Å². The molecule has 2 aliphatic rings. The molecule has 2 aliphatic heterocycles. The average molecular weight is 254 g/mol. The molecule has 2 bridgehead atoms. The molecule has 0 aromatic rings. The van der Waals surface area contributed by atoms with Gasteiger partial charge in [0, 0.05) is 38.4 Å². The van der Waals surface area contributed by atoms with Crippen molar-refractivity contribution >= 4 is 0 Å². The maximum absolute atomic E-state index is 5.29. The molecule has 2 saturated heterocycles. The second kappa shape index (κ2) is 6.88. The van der Waals surface area contributed by atoms with Crippen molar-refractivity contribution in [2.75, 3.05) is 26.8 Å². The summed E-state index contributed by atoms with van der Waals surface area (Å²) in [5.41, 5.74) is 0. The Morgan fingerprint density at radius 1 is 1.28 bits per heavy atom. The summed E-state index contributed by atoms with van der Waals surface area (Å²) in [5, 5.41) is 3.66. The van der Waals surface area contributed by atoms with Crippen LogP contribution >= 0.6 is 0 Å². The molecule has 3 atom stereocenters. The molecule has 0 aromatic carbocycles. The summed E-state index contributed by atoms with van der Waals surface area (Å²) in [6.45, 7) is 7.78. The van der Waals surface area contributed by atoms with Crippen molar-refractivity contribution in [3.8, 4) is 0 Å². The summed E-state index contributed by atoms with van der Waals surface area (Å²) in [4.78, 5) is 2.79. The summed E-state index contributed by atoms with van der Waals surface area (Å²) in [6.07, 6.45) is 6.94. The van der Waals surface area contributed by atoms with E-state index in [1.54, 1.807) is 0 Å². The molecule has 2 heterocycles. The van der Waals surface area contributed by atoms with Crippen molar-refractivity contribution in [2.24, 2.45) is 5.92 Å². The lowest BCUT2D eigenvalue weighted by Crippen LogP contribution is -2.57. The molecule has 3 heteroatoms. The lowest BCUT2D eigenvalue weighted by Gasteiger charge is -2.50. The van der Waals surface area contributed by atoms with Crippen LogP contribution in [-0.4, -0.2) is 49.8 Å². The van der Waals surface area contributed by atoms with Crippen LogP contribution in [0.4, 0.5) is 0 Å². The lowest BCUT2D eigenvalue weighted by atomic mass is 9.81. The second-order valence-electron chi connectivity index (χ2n) is 6.22. The Hall–Kier alpha value is -0.120. The van der Waals surface area contributed by atoms with Crippen LogP contribution in [0.5, 0.6) is 0 Å². The largest absolute Gasteiger partial charge is 0.384 e. The minimum absolute atomic E-state index is 0.661. The normalized spacial score (nSPS) is 34.5. The third-order valence-corrected chi connectivity index (χ3v) is 4.59. The Labute approximate surface area is 112 Å². The van der Waals surface area contributed by atoms with Crippen molar-refractivity contribution in [2.45, 2.75) is 64.1 Å². The van der Waals surface area contributed by atoms with Crippen molar-refractivity contribution in [3.05, 3.63) is 0 Å². The van der Waals surface area contributed by atoms with Gasteiger partial charge >= 0.3 is 0 Å². The van der Waals surface area contributed by atoms with Gasteiger partial charge in [0.1, 0.15) is 0 Å². The molecule has 2 rings (SSSR count). The summed E-state index contributed by atoms with van der Waals surface area (Å²) in [6, 6.07) is 2.40. The minimum atomic E-state index is 0.661. The molecular weight excluding hydrogens is 224 g/mol. The van der Waals surface area contributed by atoms with Crippen LogP contribution in [0.3, 0.4) is 0 Å². The number of hydrogen-bond donors (Lipinski definition) is 1. The van der Waals surface area contributed by atoms with Crippen LogP contribution in [0.2, 0.25) is 0 Å². The first kappa shape index (κ1) is 14.3. The summed E-state index contributed by atoms with van der Waals surface area (Å²) < 4.78 is 5.29. The molecule has 0 aliphatic carbocycles. The fourth-order valence-electron chi connectivity index (χ4n) is 3.93. The molecule has 0 amide bonds. The topological polar surface area (TPSA) is 24.5 Å². The van der Waals surface area contributed by atoms with E-state index in [0.717, 1.165) is 31.3 Å². The number of rotatable bonds is 6. The van der Waals surface area contributed by atoms with Gasteiger partial charge in [0.2, 0.25) is 0 Å². The molecule has 3 nitrogen and oxygen atoms in total. The van der Waals surface area contributed by atoms with E-state index in [0.29, 0.717) is 5.92 Å². The van der Waals surface area contributed by atoms with Crippen LogP contribution in [0.1, 0.15) is 46.0 Å². The van der Waals surface area contributed by atoms with Gasteiger partial charge < -0.3 is 10.1 Å². The highest BCUT2D eigenvalue weighted by Gasteiger charge is 2.38. The van der Waals surface area contributed by atoms with Gasteiger partial charge in [-0.25, -0.2) is 0 Å². The first-order valence-corrected chi connectivity index (χ1v) is 7.72. The number of fused-ring (bicyclic) bond motifs is 2. The molecule has 106 valence electrons. The Bertz CT molecular complexity index is 233. The molecule has 0 aromatic heterocycles. The van der Waals surface area contributed by atoms with Crippen LogP contribution in [0.15, 0.2) is 0 Å². The molecule has 1 N–H and O–H groups in total. The van der Waals surface area contributed by atoms with E-state index in [2.05, 4.69) is 24.1 Å². The van der Waals surface area contributed by atoms with E-state index in [9.17, 15) is 0 Å². The Kier molecular flexibility index (Phi) is 5.46. The number of ether oxygens (including phenoxy) is 1. The van der Waals surface area contributed by atoms with E-state index in [4.69, 9.17) is 4.74 Å². The average Bonchev–Trinajstić information content (AvgIpc) is 2.30. The number of piperidine rings is 2. The Balaban J connectivity index is 1.91. The van der Waals surface area contributed by atoms with Crippen molar-refractivity contribution < 1.29 is 4.74 Å². The van der Waals surface area contributed by atoms with E-state index < -0.39 is 0 Å². The van der Waals surface area contributed by atoms with Crippen molar-refractivity contribution in [1.29, 1.82) is 0 Å². The maximum Gasteiger partial charge on any atom is 0.0500 e. The zero-order valence-electron chi connectivity index (χ0n) is 12.3. The lowest BCUT2D eigenvalue weighted by molar-refractivity contribution is 0.00439. The smallest absolute Gasteiger partial charge is 0.0500 e. The van der Waals surface area contributed by atoms with Crippen LogP contribution in [0, 0.1) is 5.92 Å². The predicted molar refractivity (Wildman–Crippen MR) is 75.9 cm³/mol. The third-order valence-electron chi connectivity index (χ3n) is 4.59. The van der Waals surface area contributed by atoms with E-state index in [-0.39, 0.29) is 0 Å². The Morgan fingerprint density at radius 2 is 1.94 bits per heavy atom. The first-order valence-electron chi connectivity index (χ1n) is 7.72. The van der Waals surface area contributed by atoms with Gasteiger partial charge in [-0.2, -0.15) is 0 Å². The summed E-state index contributed by atoms with van der Waals surface area (Å²) in [5.74, 6) is 0.661. The number of nitrogens with zero attached hydrogens (tertiary/aromatic N) is 1. The fraction of sp³-hybridized carbons (Fsp3) is 1.00. The highest BCUT2D eigenvalue weighted by molar-refractivity contribution is 4.95. The predicted octanol–water partition coefficient (Wildman–Crippen LogP) is 2.26. The molecule has 0 spiro atoms. The van der Waals surface area contributed by atoms with Gasteiger partial charge in [-0.3, -0.25) is 4.90 Å². The van der Waals surface area contributed by atoms with Crippen molar-refractivity contribution in [1.82, 2.24) is 10.2 Å². The number of nitrogens with one attached hydrogen (secondary N) is 1. The van der Waals surface area contributed by atoms with Gasteiger partial charge in [0.15, 0.2) is 0 Å². The molecule has 0 radical (unpaired) electrons. The summed E-state index contributed by atoms with van der Waals surface area (Å²) in [7, 11) is 1.81. The fourth-order valence-corrected chi connectivity index (χ4v) is 3.93.